The van der Waals surface area contributed by atoms with Crippen LogP contribution in [0.25, 0.3) is 6.08 Å². The summed E-state index contributed by atoms with van der Waals surface area (Å²) in [6.45, 7) is 15.3. The zero-order chi connectivity index (χ0) is 34.1. The van der Waals surface area contributed by atoms with Gasteiger partial charge in [-0.1, -0.05) is 110 Å². The molecule has 4 saturated carbocycles. The van der Waals surface area contributed by atoms with E-state index in [1.54, 1.807) is 0 Å². The molecule has 2 heterocycles. The number of aromatic nitrogens is 2. The number of aryl methyl sites for hydroxylation is 1. The van der Waals surface area contributed by atoms with Gasteiger partial charge in [-0.15, -0.1) is 0 Å². The second-order valence-electron chi connectivity index (χ2n) is 17.0. The van der Waals surface area contributed by atoms with Gasteiger partial charge in [0, 0.05) is 18.3 Å². The molecule has 0 atom stereocenters. The van der Waals surface area contributed by atoms with Crippen molar-refractivity contribution in [1.29, 1.82) is 0 Å². The molecular formula is C44H72N2O2. The van der Waals surface area contributed by atoms with Crippen LogP contribution >= 0.6 is 0 Å². The minimum atomic E-state index is -0.0875. The van der Waals surface area contributed by atoms with Gasteiger partial charge in [0.2, 0.25) is 0 Å². The van der Waals surface area contributed by atoms with Crippen molar-refractivity contribution < 1.29 is 9.47 Å². The van der Waals surface area contributed by atoms with Crippen LogP contribution < -0.4 is 0 Å². The van der Waals surface area contributed by atoms with Crippen LogP contribution in [0.5, 0.6) is 0 Å². The maximum absolute atomic E-state index is 5.59. The summed E-state index contributed by atoms with van der Waals surface area (Å²) in [7, 11) is 0. The molecule has 4 heteroatoms. The highest BCUT2D eigenvalue weighted by molar-refractivity contribution is 5.39. The quantitative estimate of drug-likeness (QED) is 0.285. The molecule has 5 aliphatic rings. The second-order valence-corrected chi connectivity index (χ2v) is 17.0. The molecule has 0 unspecified atom stereocenters. The summed E-state index contributed by atoms with van der Waals surface area (Å²) in [5, 5.41) is 0. The van der Waals surface area contributed by atoms with E-state index in [9.17, 15) is 0 Å². The van der Waals surface area contributed by atoms with Crippen molar-refractivity contribution in [3.05, 3.63) is 54.2 Å². The molecule has 1 aliphatic heterocycles. The zero-order valence-electron chi connectivity index (χ0n) is 31.8. The lowest BCUT2D eigenvalue weighted by atomic mass is 9.80. The van der Waals surface area contributed by atoms with Gasteiger partial charge in [0.15, 0.2) is 12.1 Å². The molecule has 1 aromatic rings. The van der Waals surface area contributed by atoms with Crippen molar-refractivity contribution in [1.82, 2.24) is 9.97 Å². The summed E-state index contributed by atoms with van der Waals surface area (Å²) < 4.78 is 11.2. The first kappa shape index (κ1) is 39.0. The van der Waals surface area contributed by atoms with Crippen LogP contribution in [0.2, 0.25) is 0 Å². The third kappa shape index (κ3) is 15.4. The van der Waals surface area contributed by atoms with Crippen LogP contribution in [-0.4, -0.2) is 29.5 Å². The molecule has 0 spiro atoms. The Morgan fingerprint density at radius 2 is 0.792 bits per heavy atom. The second kappa shape index (κ2) is 21.4. The van der Waals surface area contributed by atoms with Crippen LogP contribution in [0.3, 0.4) is 0 Å². The standard InChI is InChI=1S/C16H28.C14H20N2.C14H24O2/c1-13-3-7-15(8-4-13)11-12-16-9-5-14(2)6-10-16;2*1-11-3-5-13(6-4-11)7-8-14-15-9-12(2)10-16-14/h11-16H,3-10H2,1-2H3;7-11,13H,3-6H2,1-2H3;7-8,11-14H,3-6,9-10H2,1-2H3/b12-11+;2*8-7+. The van der Waals surface area contributed by atoms with Crippen molar-refractivity contribution in [3.63, 3.8) is 0 Å². The van der Waals surface area contributed by atoms with Gasteiger partial charge in [-0.2, -0.15) is 0 Å². The highest BCUT2D eigenvalue weighted by atomic mass is 16.7. The summed E-state index contributed by atoms with van der Waals surface area (Å²) in [6.07, 6.45) is 40.0. The van der Waals surface area contributed by atoms with Crippen molar-refractivity contribution in [3.8, 4) is 0 Å². The van der Waals surface area contributed by atoms with Gasteiger partial charge in [0.05, 0.1) is 13.2 Å². The lowest BCUT2D eigenvalue weighted by molar-refractivity contribution is -0.171. The molecule has 5 fully saturated rings. The third-order valence-electron chi connectivity index (χ3n) is 11.8. The normalized spacial score (nSPS) is 36.3. The maximum atomic E-state index is 5.59. The van der Waals surface area contributed by atoms with Crippen LogP contribution in [0.1, 0.15) is 149 Å². The number of hydrogen-bond acceptors (Lipinski definition) is 4. The van der Waals surface area contributed by atoms with Crippen molar-refractivity contribution in [2.24, 2.45) is 53.3 Å². The monoisotopic (exact) mass is 661 g/mol. The summed E-state index contributed by atoms with van der Waals surface area (Å²) in [6, 6.07) is 0. The minimum Gasteiger partial charge on any atom is -0.349 e. The molecule has 1 saturated heterocycles. The van der Waals surface area contributed by atoms with E-state index >= 15 is 0 Å². The van der Waals surface area contributed by atoms with E-state index in [1.165, 1.54) is 103 Å². The summed E-state index contributed by atoms with van der Waals surface area (Å²) >= 11 is 0. The van der Waals surface area contributed by atoms with Crippen LogP contribution in [0.4, 0.5) is 0 Å². The van der Waals surface area contributed by atoms with E-state index in [0.29, 0.717) is 5.92 Å². The summed E-state index contributed by atoms with van der Waals surface area (Å²) in [4.78, 5) is 8.56. The Balaban J connectivity index is 0.000000163. The average Bonchev–Trinajstić information content (AvgIpc) is 3.10. The average molecular weight is 661 g/mol. The number of hydrogen-bond donors (Lipinski definition) is 0. The van der Waals surface area contributed by atoms with E-state index in [-0.39, 0.29) is 6.29 Å². The SMILES string of the molecule is CC1CCC(/C=C/C2CCC(C)CC2)CC1.CC1CCC(/C=C/C2OCC(C)CO2)CC1.Cc1cnc(/C=C/C2CCC(C)CC2)nc1. The first-order chi connectivity index (χ1) is 23.2. The van der Waals surface area contributed by atoms with Gasteiger partial charge in [-0.3, -0.25) is 0 Å². The lowest BCUT2D eigenvalue weighted by Crippen LogP contribution is -2.29. The van der Waals surface area contributed by atoms with Crippen molar-refractivity contribution >= 4 is 6.08 Å². The molecule has 0 radical (unpaired) electrons. The Bertz CT molecular complexity index is 958. The van der Waals surface area contributed by atoms with E-state index in [1.807, 2.05) is 19.3 Å². The fraction of sp³-hybridized carbons (Fsp3) is 0.773. The maximum Gasteiger partial charge on any atom is 0.176 e. The van der Waals surface area contributed by atoms with E-state index in [2.05, 4.69) is 81.0 Å². The largest absolute Gasteiger partial charge is 0.349 e. The minimum absolute atomic E-state index is 0.0875. The Morgan fingerprint density at radius 3 is 1.17 bits per heavy atom. The molecular weight excluding hydrogens is 588 g/mol. The summed E-state index contributed by atoms with van der Waals surface area (Å²) in [5.74, 6) is 8.51. The lowest BCUT2D eigenvalue weighted by Gasteiger charge is -2.27. The van der Waals surface area contributed by atoms with Crippen LogP contribution in [0, 0.1) is 60.2 Å². The van der Waals surface area contributed by atoms with Crippen molar-refractivity contribution in [2.45, 2.75) is 151 Å². The zero-order valence-corrected chi connectivity index (χ0v) is 31.8. The molecule has 4 aliphatic carbocycles. The molecule has 6 rings (SSSR count). The van der Waals surface area contributed by atoms with Gasteiger partial charge in [0.1, 0.15) is 0 Å². The number of allylic oxidation sites excluding steroid dienone is 4. The third-order valence-corrected chi connectivity index (χ3v) is 11.8. The Labute approximate surface area is 296 Å². The fourth-order valence-corrected chi connectivity index (χ4v) is 7.91. The van der Waals surface area contributed by atoms with Crippen molar-refractivity contribution in [2.75, 3.05) is 13.2 Å². The van der Waals surface area contributed by atoms with Gasteiger partial charge in [-0.05, 0) is 123 Å². The van der Waals surface area contributed by atoms with E-state index < -0.39 is 0 Å². The highest BCUT2D eigenvalue weighted by Crippen LogP contribution is 2.33. The van der Waals surface area contributed by atoms with E-state index in [0.717, 1.165) is 71.9 Å². The number of rotatable bonds is 6. The topological polar surface area (TPSA) is 44.2 Å². The molecule has 0 bridgehead atoms. The predicted molar refractivity (Wildman–Crippen MR) is 203 cm³/mol. The van der Waals surface area contributed by atoms with Gasteiger partial charge < -0.3 is 9.47 Å². The Hall–Kier alpha value is -1.78. The van der Waals surface area contributed by atoms with Gasteiger partial charge in [0.25, 0.3) is 0 Å². The Morgan fingerprint density at radius 1 is 0.458 bits per heavy atom. The molecule has 0 aromatic carbocycles. The molecule has 48 heavy (non-hydrogen) atoms. The van der Waals surface area contributed by atoms with Crippen LogP contribution in [0.15, 0.2) is 42.8 Å². The molecule has 0 amide bonds. The van der Waals surface area contributed by atoms with Crippen LogP contribution in [-0.2, 0) is 9.47 Å². The van der Waals surface area contributed by atoms with Gasteiger partial charge in [-0.25, -0.2) is 9.97 Å². The first-order valence-corrected chi connectivity index (χ1v) is 20.3. The number of ether oxygens (including phenoxy) is 2. The van der Waals surface area contributed by atoms with E-state index in [4.69, 9.17) is 9.47 Å². The molecule has 1 aromatic heterocycles. The first-order valence-electron chi connectivity index (χ1n) is 20.3. The fourth-order valence-electron chi connectivity index (χ4n) is 7.91. The molecule has 270 valence electrons. The molecule has 4 nitrogen and oxygen atoms in total. The molecule has 0 N–H and O–H groups in total. The van der Waals surface area contributed by atoms with Gasteiger partial charge >= 0.3 is 0 Å². The summed E-state index contributed by atoms with van der Waals surface area (Å²) in [5.41, 5.74) is 1.11. The smallest absolute Gasteiger partial charge is 0.176 e. The highest BCUT2D eigenvalue weighted by Gasteiger charge is 2.20. The predicted octanol–water partition coefficient (Wildman–Crippen LogP) is 12.2. The number of nitrogens with zero attached hydrogens (tertiary/aromatic N) is 2. The Kier molecular flexibility index (Phi) is 17.4.